The molecule has 1 unspecified atom stereocenters. The minimum Gasteiger partial charge on any atom is -0.496 e. The Morgan fingerprint density at radius 2 is 2.29 bits per heavy atom. The first-order valence-electron chi connectivity index (χ1n) is 7.83. The minimum atomic E-state index is 0.0751. The molecule has 0 aromatic heterocycles. The molecule has 1 amide bonds. The Balaban J connectivity index is 2.18. The van der Waals surface area contributed by atoms with Crippen LogP contribution in [0.5, 0.6) is 5.75 Å². The van der Waals surface area contributed by atoms with E-state index in [0.29, 0.717) is 17.4 Å². The molecule has 0 saturated carbocycles. The number of rotatable bonds is 6. The zero-order valence-electron chi connectivity index (χ0n) is 13.3. The van der Waals surface area contributed by atoms with Gasteiger partial charge in [0.25, 0.3) is 5.91 Å². The number of ether oxygens (including phenoxy) is 1. The van der Waals surface area contributed by atoms with E-state index >= 15 is 0 Å². The monoisotopic (exact) mass is 290 g/mol. The standard InChI is InChI=1S/C17H26N2O2/c1-4-10-19(12-14-6-5-9-18-14)17(20)15-11-13(2)7-8-16(15)21-3/h7-8,11,14,18H,4-6,9-10,12H2,1-3H3. The Bertz CT molecular complexity index is 482. The molecule has 116 valence electrons. The van der Waals surface area contributed by atoms with Crippen molar-refractivity contribution in [3.63, 3.8) is 0 Å². The van der Waals surface area contributed by atoms with Crippen molar-refractivity contribution in [1.82, 2.24) is 10.2 Å². The summed E-state index contributed by atoms with van der Waals surface area (Å²) in [6, 6.07) is 6.20. The van der Waals surface area contributed by atoms with E-state index in [9.17, 15) is 4.79 Å². The summed E-state index contributed by atoms with van der Waals surface area (Å²) in [6.45, 7) is 6.74. The molecule has 1 aromatic carbocycles. The van der Waals surface area contributed by atoms with Crippen LogP contribution in [0.4, 0.5) is 0 Å². The molecule has 4 nitrogen and oxygen atoms in total. The SMILES string of the molecule is CCCN(CC1CCCN1)C(=O)c1cc(C)ccc1OC. The molecule has 1 aliphatic rings. The smallest absolute Gasteiger partial charge is 0.257 e. The first-order chi connectivity index (χ1) is 10.2. The number of amides is 1. The number of hydrogen-bond donors (Lipinski definition) is 1. The van der Waals surface area contributed by atoms with E-state index in [1.807, 2.05) is 30.0 Å². The number of hydrogen-bond acceptors (Lipinski definition) is 3. The van der Waals surface area contributed by atoms with Gasteiger partial charge in [-0.25, -0.2) is 0 Å². The maximum Gasteiger partial charge on any atom is 0.257 e. The first kappa shape index (κ1) is 15.8. The maximum atomic E-state index is 12.9. The van der Waals surface area contributed by atoms with Crippen LogP contribution in [0, 0.1) is 6.92 Å². The molecule has 2 rings (SSSR count). The highest BCUT2D eigenvalue weighted by atomic mass is 16.5. The van der Waals surface area contributed by atoms with Crippen LogP contribution in [0.25, 0.3) is 0 Å². The number of carbonyl (C=O) groups excluding carboxylic acids is 1. The Morgan fingerprint density at radius 3 is 2.90 bits per heavy atom. The average Bonchev–Trinajstić information content (AvgIpc) is 2.99. The third-order valence-electron chi connectivity index (χ3n) is 3.97. The van der Waals surface area contributed by atoms with Gasteiger partial charge in [-0.3, -0.25) is 4.79 Å². The van der Waals surface area contributed by atoms with Gasteiger partial charge in [0.15, 0.2) is 0 Å². The summed E-state index contributed by atoms with van der Waals surface area (Å²) in [7, 11) is 1.62. The highest BCUT2D eigenvalue weighted by molar-refractivity contribution is 5.97. The summed E-state index contributed by atoms with van der Waals surface area (Å²) >= 11 is 0. The molecule has 0 spiro atoms. The number of aryl methyl sites for hydroxylation is 1. The maximum absolute atomic E-state index is 12.9. The normalized spacial score (nSPS) is 17.8. The second-order valence-electron chi connectivity index (χ2n) is 5.75. The van der Waals surface area contributed by atoms with Gasteiger partial charge >= 0.3 is 0 Å². The molecule has 1 fully saturated rings. The van der Waals surface area contributed by atoms with Gasteiger partial charge in [0.1, 0.15) is 5.75 Å². The van der Waals surface area contributed by atoms with Crippen molar-refractivity contribution in [1.29, 1.82) is 0 Å². The molecule has 1 aliphatic heterocycles. The van der Waals surface area contributed by atoms with E-state index in [0.717, 1.165) is 38.0 Å². The van der Waals surface area contributed by atoms with Gasteiger partial charge in [-0.05, 0) is 44.9 Å². The molecule has 21 heavy (non-hydrogen) atoms. The fraction of sp³-hybridized carbons (Fsp3) is 0.588. The van der Waals surface area contributed by atoms with Crippen molar-refractivity contribution in [2.75, 3.05) is 26.7 Å². The molecular weight excluding hydrogens is 264 g/mol. The topological polar surface area (TPSA) is 41.6 Å². The zero-order chi connectivity index (χ0) is 15.2. The van der Waals surface area contributed by atoms with E-state index < -0.39 is 0 Å². The van der Waals surface area contributed by atoms with Gasteiger partial charge in [0.05, 0.1) is 12.7 Å². The van der Waals surface area contributed by atoms with E-state index in [4.69, 9.17) is 4.74 Å². The average molecular weight is 290 g/mol. The summed E-state index contributed by atoms with van der Waals surface area (Å²) in [5.41, 5.74) is 1.75. The number of nitrogens with one attached hydrogen (secondary N) is 1. The summed E-state index contributed by atoms with van der Waals surface area (Å²) < 4.78 is 5.36. The van der Waals surface area contributed by atoms with Gasteiger partial charge in [0, 0.05) is 19.1 Å². The molecule has 1 heterocycles. The summed E-state index contributed by atoms with van der Waals surface area (Å²) in [6.07, 6.45) is 3.32. The third-order valence-corrected chi connectivity index (χ3v) is 3.97. The van der Waals surface area contributed by atoms with Crippen molar-refractivity contribution in [3.05, 3.63) is 29.3 Å². The molecule has 4 heteroatoms. The van der Waals surface area contributed by atoms with Gasteiger partial charge in [-0.2, -0.15) is 0 Å². The van der Waals surface area contributed by atoms with Crippen LogP contribution < -0.4 is 10.1 Å². The number of methoxy groups -OCH3 is 1. The summed E-state index contributed by atoms with van der Waals surface area (Å²) in [4.78, 5) is 14.8. The first-order valence-corrected chi connectivity index (χ1v) is 7.83. The van der Waals surface area contributed by atoms with Crippen LogP contribution in [0.1, 0.15) is 42.1 Å². The molecule has 0 radical (unpaired) electrons. The molecule has 1 N–H and O–H groups in total. The van der Waals surface area contributed by atoms with Gasteiger partial charge < -0.3 is 15.0 Å². The largest absolute Gasteiger partial charge is 0.496 e. The van der Waals surface area contributed by atoms with Crippen LogP contribution in [-0.4, -0.2) is 43.6 Å². The minimum absolute atomic E-state index is 0.0751. The fourth-order valence-electron chi connectivity index (χ4n) is 2.88. The molecule has 1 aromatic rings. The fourth-order valence-corrected chi connectivity index (χ4v) is 2.88. The molecule has 1 atom stereocenters. The summed E-state index contributed by atoms with van der Waals surface area (Å²) in [5.74, 6) is 0.734. The van der Waals surface area contributed by atoms with Crippen molar-refractivity contribution in [2.45, 2.75) is 39.2 Å². The Hall–Kier alpha value is -1.55. The van der Waals surface area contributed by atoms with Crippen molar-refractivity contribution in [3.8, 4) is 5.75 Å². The van der Waals surface area contributed by atoms with Crippen LogP contribution in [-0.2, 0) is 0 Å². The zero-order valence-corrected chi connectivity index (χ0v) is 13.3. The third kappa shape index (κ3) is 3.97. The quantitative estimate of drug-likeness (QED) is 0.875. The highest BCUT2D eigenvalue weighted by Gasteiger charge is 2.23. The van der Waals surface area contributed by atoms with E-state index in [1.54, 1.807) is 7.11 Å². The van der Waals surface area contributed by atoms with Crippen LogP contribution in [0.15, 0.2) is 18.2 Å². The van der Waals surface area contributed by atoms with E-state index in [1.165, 1.54) is 6.42 Å². The number of nitrogens with zero attached hydrogens (tertiary/aromatic N) is 1. The summed E-state index contributed by atoms with van der Waals surface area (Å²) in [5, 5.41) is 3.47. The van der Waals surface area contributed by atoms with Crippen molar-refractivity contribution >= 4 is 5.91 Å². The number of benzene rings is 1. The number of carbonyl (C=O) groups is 1. The Morgan fingerprint density at radius 1 is 1.48 bits per heavy atom. The molecule has 0 bridgehead atoms. The van der Waals surface area contributed by atoms with Crippen LogP contribution >= 0.6 is 0 Å². The Labute approximate surface area is 127 Å². The van der Waals surface area contributed by atoms with Crippen molar-refractivity contribution < 1.29 is 9.53 Å². The molecule has 0 aliphatic carbocycles. The Kier molecular flexibility index (Phi) is 5.62. The molecule has 1 saturated heterocycles. The lowest BCUT2D eigenvalue weighted by atomic mass is 10.1. The lowest BCUT2D eigenvalue weighted by Gasteiger charge is -2.26. The van der Waals surface area contributed by atoms with Gasteiger partial charge in [0.2, 0.25) is 0 Å². The van der Waals surface area contributed by atoms with E-state index in [2.05, 4.69) is 12.2 Å². The van der Waals surface area contributed by atoms with E-state index in [-0.39, 0.29) is 5.91 Å². The second-order valence-corrected chi connectivity index (χ2v) is 5.75. The van der Waals surface area contributed by atoms with Crippen LogP contribution in [0.3, 0.4) is 0 Å². The predicted molar refractivity (Wildman–Crippen MR) is 85.0 cm³/mol. The lowest BCUT2D eigenvalue weighted by Crippen LogP contribution is -2.41. The van der Waals surface area contributed by atoms with Gasteiger partial charge in [-0.1, -0.05) is 18.6 Å². The van der Waals surface area contributed by atoms with Crippen LogP contribution in [0.2, 0.25) is 0 Å². The second kappa shape index (κ2) is 7.46. The lowest BCUT2D eigenvalue weighted by molar-refractivity contribution is 0.0738. The highest BCUT2D eigenvalue weighted by Crippen LogP contribution is 2.22. The molecular formula is C17H26N2O2. The van der Waals surface area contributed by atoms with Gasteiger partial charge in [-0.15, -0.1) is 0 Å². The predicted octanol–water partition coefficient (Wildman–Crippen LogP) is 2.61. The van der Waals surface area contributed by atoms with Crippen molar-refractivity contribution in [2.24, 2.45) is 0 Å².